The first-order valence-corrected chi connectivity index (χ1v) is 10.5. The predicted octanol–water partition coefficient (Wildman–Crippen LogP) is 2.39. The normalized spacial score (nSPS) is 28.5. The van der Waals surface area contributed by atoms with Gasteiger partial charge in [-0.3, -0.25) is 0 Å². The average Bonchev–Trinajstić information content (AvgIpc) is 3.22. The molecule has 0 spiro atoms. The Labute approximate surface area is 182 Å². The van der Waals surface area contributed by atoms with Crippen molar-refractivity contribution in [2.24, 2.45) is 0 Å². The summed E-state index contributed by atoms with van der Waals surface area (Å²) in [6.45, 7) is 3.23. The largest absolute Gasteiger partial charge is 0.393 e. The van der Waals surface area contributed by atoms with Crippen LogP contribution in [-0.2, 0) is 36.9 Å². The highest BCUT2D eigenvalue weighted by atomic mass is 16.9. The summed E-state index contributed by atoms with van der Waals surface area (Å²) < 4.78 is 30.6. The summed E-state index contributed by atoms with van der Waals surface area (Å²) in [4.78, 5) is 0. The topological polar surface area (TPSA) is 86.6 Å². The summed E-state index contributed by atoms with van der Waals surface area (Å²) in [5.74, 6) is -0.896. The van der Waals surface area contributed by atoms with Crippen molar-refractivity contribution in [2.45, 2.75) is 56.4 Å². The van der Waals surface area contributed by atoms with Crippen LogP contribution in [0.4, 0.5) is 0 Å². The van der Waals surface area contributed by atoms with E-state index in [2.05, 4.69) is 0 Å². The second-order valence-corrected chi connectivity index (χ2v) is 8.50. The molecule has 2 heterocycles. The van der Waals surface area contributed by atoms with Gasteiger partial charge >= 0.3 is 0 Å². The van der Waals surface area contributed by atoms with Crippen LogP contribution in [0.1, 0.15) is 25.0 Å². The Bertz CT molecular complexity index is 838. The second kappa shape index (κ2) is 8.96. The summed E-state index contributed by atoms with van der Waals surface area (Å²) in [6.07, 6.45) is -1.49. The van der Waals surface area contributed by atoms with Crippen molar-refractivity contribution in [3.63, 3.8) is 0 Å². The number of fused-ring (bicyclic) bond motifs is 1. The van der Waals surface area contributed by atoms with Crippen LogP contribution in [0.25, 0.3) is 0 Å². The molecule has 7 nitrogen and oxygen atoms in total. The van der Waals surface area contributed by atoms with Gasteiger partial charge in [0, 0.05) is 0 Å². The van der Waals surface area contributed by atoms with Crippen molar-refractivity contribution in [1.29, 1.82) is 0 Å². The molecule has 0 aliphatic carbocycles. The number of benzene rings is 2. The summed E-state index contributed by atoms with van der Waals surface area (Å²) >= 11 is 0. The van der Waals surface area contributed by atoms with Gasteiger partial charge in [0.05, 0.1) is 33.0 Å². The van der Waals surface area contributed by atoms with E-state index in [1.165, 1.54) is 0 Å². The monoisotopic (exact) mass is 430 g/mol. The van der Waals surface area contributed by atoms with E-state index in [-0.39, 0.29) is 13.2 Å². The molecule has 0 saturated carbocycles. The third kappa shape index (κ3) is 4.27. The predicted molar refractivity (Wildman–Crippen MR) is 112 cm³/mol. The number of hydrogen-bond acceptors (Lipinski definition) is 7. The Morgan fingerprint density at radius 1 is 0.806 bits per heavy atom. The Morgan fingerprint density at radius 3 is 1.97 bits per heavy atom. The van der Waals surface area contributed by atoms with Crippen molar-refractivity contribution in [1.82, 2.24) is 0 Å². The van der Waals surface area contributed by atoms with Crippen LogP contribution in [0.15, 0.2) is 60.7 Å². The van der Waals surface area contributed by atoms with Crippen molar-refractivity contribution in [3.05, 3.63) is 71.8 Å². The summed E-state index contributed by atoms with van der Waals surface area (Å²) in [5.41, 5.74) is -0.806. The van der Waals surface area contributed by atoms with Gasteiger partial charge in [0.25, 0.3) is 0 Å². The molecule has 2 aromatic rings. The van der Waals surface area contributed by atoms with Gasteiger partial charge in [0.15, 0.2) is 23.3 Å². The van der Waals surface area contributed by atoms with Gasteiger partial charge in [-0.15, -0.1) is 0 Å². The standard InChI is InChI=1S/C24H30O7/c1-22(2)29-20-21(30-22)31-23(15-25,16-26)24(20,28-14-19-11-7-4-8-12-19)17-27-13-18-9-5-3-6-10-18/h3-12,20-21,25-26H,13-17H2,1-2H3/t20-,21-,24-/m0/s1. The summed E-state index contributed by atoms with van der Waals surface area (Å²) in [7, 11) is 0. The Hall–Kier alpha value is -1.84. The van der Waals surface area contributed by atoms with E-state index >= 15 is 0 Å². The molecular weight excluding hydrogens is 400 g/mol. The molecule has 0 amide bonds. The lowest BCUT2D eigenvalue weighted by Crippen LogP contribution is -2.65. The van der Waals surface area contributed by atoms with Gasteiger partial charge in [-0.1, -0.05) is 60.7 Å². The van der Waals surface area contributed by atoms with Crippen LogP contribution in [0, 0.1) is 0 Å². The molecule has 2 fully saturated rings. The molecule has 0 bridgehead atoms. The van der Waals surface area contributed by atoms with Crippen molar-refractivity contribution >= 4 is 0 Å². The molecule has 31 heavy (non-hydrogen) atoms. The number of ether oxygens (including phenoxy) is 5. The molecule has 0 aromatic heterocycles. The van der Waals surface area contributed by atoms with Crippen LogP contribution in [-0.4, -0.2) is 59.4 Å². The van der Waals surface area contributed by atoms with E-state index in [9.17, 15) is 10.2 Å². The van der Waals surface area contributed by atoms with E-state index in [1.54, 1.807) is 13.8 Å². The highest BCUT2D eigenvalue weighted by Crippen LogP contribution is 2.50. The number of rotatable bonds is 9. The van der Waals surface area contributed by atoms with Crippen LogP contribution in [0.5, 0.6) is 0 Å². The first-order chi connectivity index (χ1) is 14.9. The van der Waals surface area contributed by atoms with Gasteiger partial charge in [0.1, 0.15) is 6.10 Å². The van der Waals surface area contributed by atoms with E-state index < -0.39 is 42.6 Å². The van der Waals surface area contributed by atoms with E-state index in [1.807, 2.05) is 60.7 Å². The zero-order valence-electron chi connectivity index (χ0n) is 17.9. The molecule has 2 aliphatic rings. The number of aliphatic hydroxyl groups is 2. The average molecular weight is 430 g/mol. The fourth-order valence-corrected chi connectivity index (χ4v) is 4.26. The van der Waals surface area contributed by atoms with Crippen LogP contribution in [0.3, 0.4) is 0 Å². The van der Waals surface area contributed by atoms with E-state index in [0.29, 0.717) is 6.61 Å². The van der Waals surface area contributed by atoms with Gasteiger partial charge in [-0.2, -0.15) is 0 Å². The first kappa shape index (κ1) is 22.4. The molecule has 7 heteroatoms. The number of hydrogen-bond donors (Lipinski definition) is 2. The van der Waals surface area contributed by atoms with Crippen molar-refractivity contribution in [3.8, 4) is 0 Å². The molecule has 2 aromatic carbocycles. The quantitative estimate of drug-likeness (QED) is 0.632. The van der Waals surface area contributed by atoms with Gasteiger partial charge < -0.3 is 33.9 Å². The van der Waals surface area contributed by atoms with Crippen LogP contribution in [0.2, 0.25) is 0 Å². The second-order valence-electron chi connectivity index (χ2n) is 8.50. The maximum atomic E-state index is 10.3. The fourth-order valence-electron chi connectivity index (χ4n) is 4.26. The van der Waals surface area contributed by atoms with E-state index in [4.69, 9.17) is 23.7 Å². The molecule has 2 N–H and O–H groups in total. The maximum absolute atomic E-state index is 10.3. The Kier molecular flexibility index (Phi) is 6.46. The zero-order chi connectivity index (χ0) is 22.0. The Morgan fingerprint density at radius 2 is 1.39 bits per heavy atom. The molecule has 4 rings (SSSR count). The Balaban J connectivity index is 1.64. The van der Waals surface area contributed by atoms with Crippen molar-refractivity contribution in [2.75, 3.05) is 19.8 Å². The minimum atomic E-state index is -1.45. The first-order valence-electron chi connectivity index (χ1n) is 10.5. The molecule has 168 valence electrons. The third-order valence-electron chi connectivity index (χ3n) is 5.91. The number of aliphatic hydroxyl groups excluding tert-OH is 2. The smallest absolute Gasteiger partial charge is 0.191 e. The van der Waals surface area contributed by atoms with Crippen LogP contribution >= 0.6 is 0 Å². The lowest BCUT2D eigenvalue weighted by Gasteiger charge is -2.44. The van der Waals surface area contributed by atoms with E-state index in [0.717, 1.165) is 11.1 Å². The molecule has 2 saturated heterocycles. The molecule has 0 unspecified atom stereocenters. The van der Waals surface area contributed by atoms with Gasteiger partial charge in [-0.05, 0) is 25.0 Å². The lowest BCUT2D eigenvalue weighted by molar-refractivity contribution is -0.292. The van der Waals surface area contributed by atoms with Gasteiger partial charge in [0.2, 0.25) is 0 Å². The minimum Gasteiger partial charge on any atom is -0.393 e. The summed E-state index contributed by atoms with van der Waals surface area (Å²) in [5, 5.41) is 20.6. The van der Waals surface area contributed by atoms with Gasteiger partial charge in [-0.25, -0.2) is 0 Å². The molecule has 3 atom stereocenters. The molecular formula is C24H30O7. The highest BCUT2D eigenvalue weighted by Gasteiger charge is 2.71. The minimum absolute atomic E-state index is 0.0381. The lowest BCUT2D eigenvalue weighted by atomic mass is 9.81. The third-order valence-corrected chi connectivity index (χ3v) is 5.91. The SMILES string of the molecule is CC1(C)O[C@H]2OC(CO)(CO)[C@@](COCc3ccccc3)(OCc3ccccc3)[C@H]2O1. The highest BCUT2D eigenvalue weighted by molar-refractivity contribution is 5.19. The molecule has 0 radical (unpaired) electrons. The molecule has 2 aliphatic heterocycles. The fraction of sp³-hybridized carbons (Fsp3) is 0.500. The zero-order valence-corrected chi connectivity index (χ0v) is 17.9. The summed E-state index contributed by atoms with van der Waals surface area (Å²) in [6, 6.07) is 19.4. The van der Waals surface area contributed by atoms with Crippen molar-refractivity contribution < 1.29 is 33.9 Å². The van der Waals surface area contributed by atoms with Crippen LogP contribution < -0.4 is 0 Å². The maximum Gasteiger partial charge on any atom is 0.191 e.